The van der Waals surface area contributed by atoms with E-state index >= 15 is 0 Å². The molecule has 0 spiro atoms. The summed E-state index contributed by atoms with van der Waals surface area (Å²) < 4.78 is 5.26. The Labute approximate surface area is 173 Å². The molecule has 0 aliphatic rings. The maximum absolute atomic E-state index is 11.8. The third kappa shape index (κ3) is 5.96. The number of hydrogen-bond donors (Lipinski definition) is 3. The first kappa shape index (κ1) is 20.7. The highest BCUT2D eigenvalue weighted by Crippen LogP contribution is 2.24. The Bertz CT molecular complexity index is 1050. The molecule has 1 amide bonds. The van der Waals surface area contributed by atoms with Gasteiger partial charge in [0.15, 0.2) is 0 Å². The molecular weight excluding hydrogens is 388 g/mol. The van der Waals surface area contributed by atoms with Crippen molar-refractivity contribution in [1.29, 1.82) is 0 Å². The second-order valence-corrected chi connectivity index (χ2v) is 8.78. The number of amides is 1. The summed E-state index contributed by atoms with van der Waals surface area (Å²) >= 11 is 1.02. The van der Waals surface area contributed by atoms with Crippen molar-refractivity contribution in [2.75, 3.05) is 0 Å². The fraction of sp³-hybridized carbons (Fsp3) is 0.273. The molecule has 1 heterocycles. The van der Waals surface area contributed by atoms with Gasteiger partial charge in [-0.05, 0) is 49.1 Å². The van der Waals surface area contributed by atoms with Gasteiger partial charge in [0.05, 0.1) is 4.88 Å². The van der Waals surface area contributed by atoms with Crippen molar-refractivity contribution in [2.24, 2.45) is 0 Å². The molecule has 0 saturated carbocycles. The van der Waals surface area contributed by atoms with E-state index in [1.54, 1.807) is 0 Å². The van der Waals surface area contributed by atoms with Crippen molar-refractivity contribution in [3.05, 3.63) is 74.2 Å². The Hall–Kier alpha value is -3.06. The van der Waals surface area contributed by atoms with Crippen LogP contribution in [0.15, 0.2) is 53.3 Å². The highest BCUT2D eigenvalue weighted by molar-refractivity contribution is 7.09. The van der Waals surface area contributed by atoms with Gasteiger partial charge in [0.25, 0.3) is 0 Å². The molecule has 2 aromatic carbocycles. The van der Waals surface area contributed by atoms with Gasteiger partial charge in [-0.25, -0.2) is 4.79 Å². The summed E-state index contributed by atoms with van der Waals surface area (Å²) in [6.07, 6.45) is 0.0533. The fourth-order valence-corrected chi connectivity index (χ4v) is 3.58. The molecule has 3 aromatic rings. The number of rotatable bonds is 5. The number of thiazole rings is 1. The molecule has 7 heteroatoms. The van der Waals surface area contributed by atoms with Crippen LogP contribution in [0, 0.1) is 0 Å². The van der Waals surface area contributed by atoms with E-state index in [0.717, 1.165) is 33.6 Å². The maximum Gasteiger partial charge on any atom is 0.407 e. The highest BCUT2D eigenvalue weighted by atomic mass is 32.1. The largest absolute Gasteiger partial charge is 0.494 e. The van der Waals surface area contributed by atoms with Gasteiger partial charge in [-0.15, -0.1) is 0 Å². The SMILES string of the molecule is CC(C)(C)OC(=O)NCc1cccc(-c2ccc(Cc3sc(=O)[nH]c3O)cc2)c1. The number of aromatic hydroxyl groups is 1. The van der Waals surface area contributed by atoms with Crippen LogP contribution in [0.25, 0.3) is 11.1 Å². The summed E-state index contributed by atoms with van der Waals surface area (Å²) in [5, 5.41) is 12.5. The lowest BCUT2D eigenvalue weighted by atomic mass is 10.0. The zero-order valence-corrected chi connectivity index (χ0v) is 17.4. The number of carbonyl (C=O) groups excluding carboxylic acids is 1. The van der Waals surface area contributed by atoms with Crippen molar-refractivity contribution in [2.45, 2.75) is 39.3 Å². The van der Waals surface area contributed by atoms with E-state index in [0.29, 0.717) is 17.8 Å². The summed E-state index contributed by atoms with van der Waals surface area (Å²) in [5.41, 5.74) is 3.52. The highest BCUT2D eigenvalue weighted by Gasteiger charge is 2.15. The quantitative estimate of drug-likeness (QED) is 0.578. The lowest BCUT2D eigenvalue weighted by Gasteiger charge is -2.19. The number of aromatic nitrogens is 1. The lowest BCUT2D eigenvalue weighted by molar-refractivity contribution is 0.0523. The van der Waals surface area contributed by atoms with Gasteiger partial charge >= 0.3 is 11.0 Å². The number of H-pyrrole nitrogens is 1. The van der Waals surface area contributed by atoms with Crippen LogP contribution in [0.4, 0.5) is 4.79 Å². The summed E-state index contributed by atoms with van der Waals surface area (Å²) in [6.45, 7) is 5.87. The van der Waals surface area contributed by atoms with E-state index in [1.807, 2.05) is 69.3 Å². The number of ether oxygens (including phenoxy) is 1. The predicted molar refractivity (Wildman–Crippen MR) is 114 cm³/mol. The van der Waals surface area contributed by atoms with Gasteiger partial charge in [0.2, 0.25) is 5.88 Å². The van der Waals surface area contributed by atoms with E-state index in [9.17, 15) is 14.7 Å². The Balaban J connectivity index is 1.66. The van der Waals surface area contributed by atoms with Crippen LogP contribution in [0.5, 0.6) is 5.88 Å². The van der Waals surface area contributed by atoms with Crippen LogP contribution >= 0.6 is 11.3 Å². The number of hydrogen-bond acceptors (Lipinski definition) is 5. The van der Waals surface area contributed by atoms with E-state index < -0.39 is 11.7 Å². The summed E-state index contributed by atoms with van der Waals surface area (Å²) in [7, 11) is 0. The lowest BCUT2D eigenvalue weighted by Crippen LogP contribution is -2.32. The molecule has 0 radical (unpaired) electrons. The number of nitrogens with one attached hydrogen (secondary N) is 2. The van der Waals surface area contributed by atoms with Crippen LogP contribution < -0.4 is 10.2 Å². The van der Waals surface area contributed by atoms with Crippen LogP contribution in [0.2, 0.25) is 0 Å². The van der Waals surface area contributed by atoms with Gasteiger partial charge in [0, 0.05) is 13.0 Å². The molecule has 6 nitrogen and oxygen atoms in total. The summed E-state index contributed by atoms with van der Waals surface area (Å²) in [6, 6.07) is 15.9. The van der Waals surface area contributed by atoms with Gasteiger partial charge in [-0.2, -0.15) is 0 Å². The van der Waals surface area contributed by atoms with Crippen molar-refractivity contribution in [3.63, 3.8) is 0 Å². The van der Waals surface area contributed by atoms with Gasteiger partial charge in [-0.1, -0.05) is 53.8 Å². The monoisotopic (exact) mass is 412 g/mol. The van der Waals surface area contributed by atoms with Crippen LogP contribution in [-0.2, 0) is 17.7 Å². The Morgan fingerprint density at radius 3 is 2.45 bits per heavy atom. The molecule has 0 aliphatic carbocycles. The average Bonchev–Trinajstić information content (AvgIpc) is 2.96. The zero-order chi connectivity index (χ0) is 21.0. The average molecular weight is 413 g/mol. The molecule has 0 unspecified atom stereocenters. The smallest absolute Gasteiger partial charge is 0.407 e. The molecule has 0 atom stereocenters. The molecule has 0 bridgehead atoms. The van der Waals surface area contributed by atoms with Crippen molar-refractivity contribution < 1.29 is 14.6 Å². The zero-order valence-electron chi connectivity index (χ0n) is 16.6. The van der Waals surface area contributed by atoms with Crippen molar-refractivity contribution in [1.82, 2.24) is 10.3 Å². The number of aromatic amines is 1. The molecule has 0 fully saturated rings. The van der Waals surface area contributed by atoms with Crippen LogP contribution in [-0.4, -0.2) is 21.8 Å². The minimum absolute atomic E-state index is 0.0609. The number of benzene rings is 2. The standard InChI is InChI=1S/C22H24N2O4S/c1-22(2,3)28-20(26)23-13-15-5-4-6-17(11-15)16-9-7-14(8-10-16)12-18-19(25)24-21(27)29-18/h4-11,25H,12-13H2,1-3H3,(H,23,26)(H,24,27). The third-order valence-corrected chi connectivity index (χ3v) is 4.99. The minimum Gasteiger partial charge on any atom is -0.494 e. The Morgan fingerprint density at radius 1 is 1.10 bits per heavy atom. The fourth-order valence-electron chi connectivity index (χ4n) is 2.82. The first-order valence-corrected chi connectivity index (χ1v) is 10.1. The maximum atomic E-state index is 11.8. The first-order valence-electron chi connectivity index (χ1n) is 9.26. The normalized spacial score (nSPS) is 11.3. The molecule has 29 heavy (non-hydrogen) atoms. The third-order valence-electron chi connectivity index (χ3n) is 4.12. The van der Waals surface area contributed by atoms with Crippen molar-refractivity contribution in [3.8, 4) is 17.0 Å². The minimum atomic E-state index is -0.527. The molecular formula is C22H24N2O4S. The van der Waals surface area contributed by atoms with E-state index in [2.05, 4.69) is 10.3 Å². The molecule has 1 aromatic heterocycles. The number of alkyl carbamates (subject to hydrolysis) is 1. The van der Waals surface area contributed by atoms with Crippen molar-refractivity contribution >= 4 is 17.4 Å². The predicted octanol–water partition coefficient (Wildman–Crippen LogP) is 4.42. The van der Waals surface area contributed by atoms with Gasteiger partial charge < -0.3 is 15.2 Å². The number of carbonyl (C=O) groups is 1. The van der Waals surface area contributed by atoms with Crippen LogP contribution in [0.1, 0.15) is 36.8 Å². The van der Waals surface area contributed by atoms with Gasteiger partial charge in [-0.3, -0.25) is 9.78 Å². The van der Waals surface area contributed by atoms with Gasteiger partial charge in [0.1, 0.15) is 5.60 Å². The second-order valence-electron chi connectivity index (χ2n) is 7.72. The molecule has 152 valence electrons. The Morgan fingerprint density at radius 2 is 1.83 bits per heavy atom. The molecule has 0 saturated heterocycles. The summed E-state index contributed by atoms with van der Waals surface area (Å²) in [4.78, 5) is 25.9. The van der Waals surface area contributed by atoms with E-state index in [4.69, 9.17) is 4.74 Å². The Kier molecular flexibility index (Phi) is 6.08. The first-order chi connectivity index (χ1) is 13.7. The van der Waals surface area contributed by atoms with Crippen LogP contribution in [0.3, 0.4) is 0 Å². The molecule has 0 aliphatic heterocycles. The second kappa shape index (κ2) is 8.53. The van der Waals surface area contributed by atoms with E-state index in [-0.39, 0.29) is 10.8 Å². The topological polar surface area (TPSA) is 91.4 Å². The van der Waals surface area contributed by atoms with E-state index in [1.165, 1.54) is 0 Å². The summed E-state index contributed by atoms with van der Waals surface area (Å²) in [5.74, 6) is -0.0609. The molecule has 3 rings (SSSR count). The molecule has 3 N–H and O–H groups in total.